The van der Waals surface area contributed by atoms with Crippen LogP contribution < -0.4 is 5.32 Å². The standard InChI is InChI=1S/C16H19N3O2S/c1-11-5-3-4-6-13(11)16(7-9-21-10-8-16)14(20)17-15-19-18-12(2)22-15/h3-6H,7-10H2,1-2H3,(H,17,19,20). The molecule has 116 valence electrons. The van der Waals surface area contributed by atoms with E-state index in [1.165, 1.54) is 11.3 Å². The summed E-state index contributed by atoms with van der Waals surface area (Å²) in [5.74, 6) is -0.0127. The summed E-state index contributed by atoms with van der Waals surface area (Å²) >= 11 is 1.39. The maximum Gasteiger partial charge on any atom is 0.237 e. The number of rotatable bonds is 3. The molecule has 22 heavy (non-hydrogen) atoms. The third-order valence-electron chi connectivity index (χ3n) is 4.19. The fourth-order valence-electron chi connectivity index (χ4n) is 3.01. The third-order valence-corrected chi connectivity index (χ3v) is 4.94. The van der Waals surface area contributed by atoms with Crippen molar-refractivity contribution in [2.24, 2.45) is 0 Å². The van der Waals surface area contributed by atoms with Crippen LogP contribution in [0.25, 0.3) is 0 Å². The molecule has 0 radical (unpaired) electrons. The van der Waals surface area contributed by atoms with Crippen molar-refractivity contribution in [3.8, 4) is 0 Å². The highest BCUT2D eigenvalue weighted by Crippen LogP contribution is 2.38. The number of aromatic nitrogens is 2. The van der Waals surface area contributed by atoms with E-state index >= 15 is 0 Å². The van der Waals surface area contributed by atoms with Crippen molar-refractivity contribution < 1.29 is 9.53 Å². The minimum absolute atomic E-state index is 0.0127. The van der Waals surface area contributed by atoms with E-state index in [1.807, 2.05) is 25.1 Å². The summed E-state index contributed by atoms with van der Waals surface area (Å²) < 4.78 is 5.49. The molecule has 1 aliphatic rings. The number of hydrogen-bond acceptors (Lipinski definition) is 5. The summed E-state index contributed by atoms with van der Waals surface area (Å²) in [5, 5.41) is 12.3. The summed E-state index contributed by atoms with van der Waals surface area (Å²) in [7, 11) is 0. The van der Waals surface area contributed by atoms with E-state index in [1.54, 1.807) is 0 Å². The third kappa shape index (κ3) is 2.76. The molecule has 3 rings (SSSR count). The number of ether oxygens (including phenoxy) is 1. The van der Waals surface area contributed by atoms with Crippen molar-refractivity contribution in [2.45, 2.75) is 32.1 Å². The predicted molar refractivity (Wildman–Crippen MR) is 86.2 cm³/mol. The Morgan fingerprint density at radius 1 is 1.23 bits per heavy atom. The highest BCUT2D eigenvalue weighted by Gasteiger charge is 2.42. The van der Waals surface area contributed by atoms with Gasteiger partial charge in [0.05, 0.1) is 5.41 Å². The lowest BCUT2D eigenvalue weighted by molar-refractivity contribution is -0.125. The van der Waals surface area contributed by atoms with E-state index in [-0.39, 0.29) is 5.91 Å². The lowest BCUT2D eigenvalue weighted by atomic mass is 9.72. The number of hydrogen-bond donors (Lipinski definition) is 1. The molecule has 0 spiro atoms. The maximum atomic E-state index is 13.0. The molecule has 1 fully saturated rings. The Kier molecular flexibility index (Phi) is 4.22. The first kappa shape index (κ1) is 15.1. The van der Waals surface area contributed by atoms with E-state index in [0.29, 0.717) is 31.2 Å². The monoisotopic (exact) mass is 317 g/mol. The minimum atomic E-state index is -0.552. The fourth-order valence-corrected chi connectivity index (χ4v) is 3.60. The molecule has 5 nitrogen and oxygen atoms in total. The van der Waals surface area contributed by atoms with Gasteiger partial charge in [-0.3, -0.25) is 10.1 Å². The van der Waals surface area contributed by atoms with Gasteiger partial charge in [0.1, 0.15) is 5.01 Å². The molecule has 0 unspecified atom stereocenters. The van der Waals surface area contributed by atoms with Gasteiger partial charge in [0, 0.05) is 13.2 Å². The van der Waals surface area contributed by atoms with Crippen molar-refractivity contribution in [3.63, 3.8) is 0 Å². The maximum absolute atomic E-state index is 13.0. The van der Waals surface area contributed by atoms with E-state index in [0.717, 1.165) is 16.1 Å². The van der Waals surface area contributed by atoms with Crippen molar-refractivity contribution in [3.05, 3.63) is 40.4 Å². The molecule has 1 N–H and O–H groups in total. The number of nitrogens with zero attached hydrogens (tertiary/aromatic N) is 2. The zero-order valence-corrected chi connectivity index (χ0v) is 13.6. The molecule has 2 heterocycles. The van der Waals surface area contributed by atoms with E-state index in [2.05, 4.69) is 28.5 Å². The van der Waals surface area contributed by atoms with Crippen LogP contribution in [0, 0.1) is 13.8 Å². The van der Waals surface area contributed by atoms with Gasteiger partial charge >= 0.3 is 0 Å². The van der Waals surface area contributed by atoms with Crippen molar-refractivity contribution in [1.29, 1.82) is 0 Å². The van der Waals surface area contributed by atoms with Crippen molar-refractivity contribution >= 4 is 22.4 Å². The van der Waals surface area contributed by atoms with Gasteiger partial charge in [-0.05, 0) is 37.8 Å². The summed E-state index contributed by atoms with van der Waals surface area (Å²) in [6, 6.07) is 8.08. The zero-order valence-electron chi connectivity index (χ0n) is 12.8. The molecule has 1 aliphatic heterocycles. The smallest absolute Gasteiger partial charge is 0.237 e. The number of nitrogens with one attached hydrogen (secondary N) is 1. The van der Waals surface area contributed by atoms with Gasteiger partial charge in [0.25, 0.3) is 0 Å². The number of amides is 1. The Balaban J connectivity index is 1.95. The molecule has 0 aliphatic carbocycles. The number of benzene rings is 1. The second-order valence-electron chi connectivity index (χ2n) is 5.59. The Hall–Kier alpha value is -1.79. The first-order chi connectivity index (χ1) is 10.6. The van der Waals surface area contributed by atoms with E-state index in [9.17, 15) is 4.79 Å². The van der Waals surface area contributed by atoms with Crippen molar-refractivity contribution in [1.82, 2.24) is 10.2 Å². The normalized spacial score (nSPS) is 17.2. The second kappa shape index (κ2) is 6.14. The number of aryl methyl sites for hydroxylation is 2. The molecule has 0 bridgehead atoms. The lowest BCUT2D eigenvalue weighted by Crippen LogP contribution is -2.45. The molecular formula is C16H19N3O2S. The molecular weight excluding hydrogens is 298 g/mol. The van der Waals surface area contributed by atoms with Crippen LogP contribution in [0.5, 0.6) is 0 Å². The first-order valence-electron chi connectivity index (χ1n) is 7.37. The molecule has 1 aromatic heterocycles. The van der Waals surface area contributed by atoms with Crippen LogP contribution in [-0.4, -0.2) is 29.3 Å². The van der Waals surface area contributed by atoms with Gasteiger partial charge in [-0.2, -0.15) is 0 Å². The average Bonchev–Trinajstić information content (AvgIpc) is 2.93. The van der Waals surface area contributed by atoms with Gasteiger partial charge in [-0.15, -0.1) is 10.2 Å². The van der Waals surface area contributed by atoms with Crippen LogP contribution in [0.1, 0.15) is 29.0 Å². The number of carbonyl (C=O) groups is 1. The molecule has 6 heteroatoms. The van der Waals surface area contributed by atoms with Gasteiger partial charge < -0.3 is 4.74 Å². The van der Waals surface area contributed by atoms with Crippen LogP contribution in [0.3, 0.4) is 0 Å². The Labute approximate surface area is 133 Å². The number of carbonyl (C=O) groups excluding carboxylic acids is 1. The van der Waals surface area contributed by atoms with Crippen LogP contribution in [0.15, 0.2) is 24.3 Å². The van der Waals surface area contributed by atoms with Gasteiger partial charge in [0.15, 0.2) is 0 Å². The highest BCUT2D eigenvalue weighted by atomic mass is 32.1. The Morgan fingerprint density at radius 2 is 1.95 bits per heavy atom. The largest absolute Gasteiger partial charge is 0.381 e. The Morgan fingerprint density at radius 3 is 2.59 bits per heavy atom. The van der Waals surface area contributed by atoms with Crippen LogP contribution in [0.4, 0.5) is 5.13 Å². The lowest BCUT2D eigenvalue weighted by Gasteiger charge is -2.36. The van der Waals surface area contributed by atoms with E-state index in [4.69, 9.17) is 4.74 Å². The fraction of sp³-hybridized carbons (Fsp3) is 0.438. The molecule has 0 saturated carbocycles. The molecule has 1 saturated heterocycles. The molecule has 1 aromatic carbocycles. The number of anilines is 1. The quantitative estimate of drug-likeness (QED) is 0.945. The first-order valence-corrected chi connectivity index (χ1v) is 8.19. The molecule has 2 aromatic rings. The molecule has 0 atom stereocenters. The van der Waals surface area contributed by atoms with Crippen LogP contribution >= 0.6 is 11.3 Å². The predicted octanol–water partition coefficient (Wildman–Crippen LogP) is 2.84. The van der Waals surface area contributed by atoms with Crippen LogP contribution in [0.2, 0.25) is 0 Å². The topological polar surface area (TPSA) is 64.1 Å². The summed E-state index contributed by atoms with van der Waals surface area (Å²) in [6.45, 7) is 5.11. The van der Waals surface area contributed by atoms with Gasteiger partial charge in [-0.1, -0.05) is 35.6 Å². The second-order valence-corrected chi connectivity index (χ2v) is 6.77. The summed E-state index contributed by atoms with van der Waals surface area (Å²) in [4.78, 5) is 13.0. The van der Waals surface area contributed by atoms with Gasteiger partial charge in [-0.25, -0.2) is 0 Å². The van der Waals surface area contributed by atoms with Crippen LogP contribution in [-0.2, 0) is 14.9 Å². The van der Waals surface area contributed by atoms with Crippen molar-refractivity contribution in [2.75, 3.05) is 18.5 Å². The zero-order chi connectivity index (χ0) is 15.6. The summed E-state index contributed by atoms with van der Waals surface area (Å²) in [6.07, 6.45) is 1.36. The highest BCUT2D eigenvalue weighted by molar-refractivity contribution is 7.15. The minimum Gasteiger partial charge on any atom is -0.381 e. The average molecular weight is 317 g/mol. The molecule has 1 amide bonds. The Bertz CT molecular complexity index is 678. The summed E-state index contributed by atoms with van der Waals surface area (Å²) in [5.41, 5.74) is 1.66. The van der Waals surface area contributed by atoms with E-state index < -0.39 is 5.41 Å². The SMILES string of the molecule is Cc1nnc(NC(=O)C2(c3ccccc3C)CCOCC2)s1. The van der Waals surface area contributed by atoms with Gasteiger partial charge in [0.2, 0.25) is 11.0 Å².